The van der Waals surface area contributed by atoms with Crippen LogP contribution in [0.1, 0.15) is 0 Å². The molecular formula is CdCl3Cs. The average Bonchev–Trinajstić information content (AvgIpc) is 0.811. The Morgan fingerprint density at radius 3 is 1.00 bits per heavy atom. The monoisotopic (exact) mass is 352 g/mol. The van der Waals surface area contributed by atoms with Gasteiger partial charge < -0.3 is 0 Å². The van der Waals surface area contributed by atoms with E-state index in [1.165, 1.54) is 0 Å². The molecule has 24 valence electrons. The third-order valence-corrected chi connectivity index (χ3v) is 0. The largest absolute Gasteiger partial charge is 1.00 e. The van der Waals surface area contributed by atoms with Gasteiger partial charge in [0.1, 0.15) is 0 Å². The predicted molar refractivity (Wildman–Crippen MR) is 17.6 cm³/mol. The SMILES string of the molecule is [Cl][Cd-]([Cl])[Cl].[Cs+]. The fraction of sp³-hybridized carbons (Fsp3) is 0. The third-order valence-electron chi connectivity index (χ3n) is 0. The molecule has 0 aliphatic heterocycles. The number of rotatable bonds is 0. The van der Waals surface area contributed by atoms with E-state index in [0.29, 0.717) is 0 Å². The zero-order valence-electron chi connectivity index (χ0n) is 2.84. The summed E-state index contributed by atoms with van der Waals surface area (Å²) in [5.41, 5.74) is 0. The van der Waals surface area contributed by atoms with Crippen LogP contribution in [-0.2, 0) is 19.0 Å². The molecule has 0 aromatic carbocycles. The zero-order chi connectivity index (χ0) is 3.58. The van der Waals surface area contributed by atoms with Crippen molar-refractivity contribution in [2.45, 2.75) is 0 Å². The van der Waals surface area contributed by atoms with Crippen molar-refractivity contribution < 1.29 is 87.9 Å². The Bertz CT molecular complexity index is 11.6. The second-order valence-corrected chi connectivity index (χ2v) is 18.3. The van der Waals surface area contributed by atoms with Crippen LogP contribution in [0.3, 0.4) is 0 Å². The fourth-order valence-corrected chi connectivity index (χ4v) is 0. The molecule has 0 bridgehead atoms. The molecule has 0 aromatic rings. The third kappa shape index (κ3) is 18.1. The van der Waals surface area contributed by atoms with Crippen LogP contribution < -0.4 is 68.9 Å². The summed E-state index contributed by atoms with van der Waals surface area (Å²) in [6, 6.07) is 0. The maximum atomic E-state index is 5.03. The number of hydrogen-bond donors (Lipinski definition) is 0. The van der Waals surface area contributed by atoms with Crippen LogP contribution in [0.25, 0.3) is 0 Å². The molecule has 0 spiro atoms. The van der Waals surface area contributed by atoms with Crippen LogP contribution in [0.2, 0.25) is 0 Å². The first kappa shape index (κ1) is 11.6. The molecule has 0 unspecified atom stereocenters. The molecule has 0 atom stereocenters. The minimum absolute atomic E-state index is 0. The van der Waals surface area contributed by atoms with E-state index in [4.69, 9.17) is 24.9 Å². The topological polar surface area (TPSA) is 0 Å². The molecule has 0 saturated heterocycles. The van der Waals surface area contributed by atoms with Crippen molar-refractivity contribution in [2.75, 3.05) is 0 Å². The van der Waals surface area contributed by atoms with Crippen molar-refractivity contribution in [3.63, 3.8) is 0 Å². The van der Waals surface area contributed by atoms with Crippen molar-refractivity contribution in [1.82, 2.24) is 0 Å². The molecule has 0 aromatic heterocycles. The first-order valence-corrected chi connectivity index (χ1v) is 16.1. The number of halogens is 3. The maximum absolute atomic E-state index is 5.03. The van der Waals surface area contributed by atoms with Gasteiger partial charge >= 0.3 is 113 Å². The van der Waals surface area contributed by atoms with Gasteiger partial charge in [0.2, 0.25) is 0 Å². The van der Waals surface area contributed by atoms with Gasteiger partial charge in [0.25, 0.3) is 0 Å². The van der Waals surface area contributed by atoms with Gasteiger partial charge in [0.05, 0.1) is 0 Å². The Hall–Kier alpha value is 3.84. The van der Waals surface area contributed by atoms with Crippen molar-refractivity contribution in [2.24, 2.45) is 0 Å². The summed E-state index contributed by atoms with van der Waals surface area (Å²) in [6.45, 7) is 0. The first-order valence-electron chi connectivity index (χ1n) is 0.802. The first-order chi connectivity index (χ1) is 1.73. The van der Waals surface area contributed by atoms with E-state index in [1.54, 1.807) is 0 Å². The smallest absolute Gasteiger partial charge is 1.00 e. The normalized spacial score (nSPS) is 5.40. The maximum Gasteiger partial charge on any atom is 1.00 e. The van der Waals surface area contributed by atoms with Crippen LogP contribution in [0.15, 0.2) is 0 Å². The average molecular weight is 352 g/mol. The summed E-state index contributed by atoms with van der Waals surface area (Å²) in [4.78, 5) is 0. The van der Waals surface area contributed by atoms with Crippen LogP contribution in [0, 0.1) is 0 Å². The molecule has 0 nitrogen and oxygen atoms in total. The fourth-order valence-electron chi connectivity index (χ4n) is 0. The van der Waals surface area contributed by atoms with E-state index in [2.05, 4.69) is 0 Å². The van der Waals surface area contributed by atoms with Crippen molar-refractivity contribution in [1.29, 1.82) is 0 Å². The van der Waals surface area contributed by atoms with E-state index in [-0.39, 0.29) is 68.9 Å². The Kier molecular flexibility index (Phi) is 18.2. The predicted octanol–water partition coefficient (Wildman–Crippen LogP) is -0.930. The van der Waals surface area contributed by atoms with Gasteiger partial charge in [0.15, 0.2) is 0 Å². The summed E-state index contributed by atoms with van der Waals surface area (Å²) in [5, 5.41) is 0. The van der Waals surface area contributed by atoms with E-state index in [9.17, 15) is 0 Å². The zero-order valence-corrected chi connectivity index (χ0v) is 15.4. The molecule has 0 N–H and O–H groups in total. The van der Waals surface area contributed by atoms with E-state index >= 15 is 0 Å². The summed E-state index contributed by atoms with van der Waals surface area (Å²) in [7, 11) is 15.1. The van der Waals surface area contributed by atoms with Crippen molar-refractivity contribution >= 4 is 24.9 Å². The standard InChI is InChI=1S/Cd.3ClH.Cs/h;3*1H;/q+2;;;;+1/p-3. The van der Waals surface area contributed by atoms with Gasteiger partial charge in [-0.15, -0.1) is 0 Å². The van der Waals surface area contributed by atoms with Gasteiger partial charge in [-0.25, -0.2) is 0 Å². The Morgan fingerprint density at radius 1 is 1.00 bits per heavy atom. The van der Waals surface area contributed by atoms with Crippen LogP contribution in [-0.4, -0.2) is 0 Å². The van der Waals surface area contributed by atoms with Gasteiger partial charge in [-0.2, -0.15) is 0 Å². The molecule has 0 amide bonds. The molecule has 5 heavy (non-hydrogen) atoms. The molecule has 0 aliphatic rings. The van der Waals surface area contributed by atoms with E-state index in [1.807, 2.05) is 0 Å². The van der Waals surface area contributed by atoms with Crippen molar-refractivity contribution in [3.8, 4) is 0 Å². The number of hydrogen-bond acceptors (Lipinski definition) is 0. The van der Waals surface area contributed by atoms with Crippen molar-refractivity contribution in [3.05, 3.63) is 0 Å². The summed E-state index contributed by atoms with van der Waals surface area (Å²) in [5.74, 6) is 0. The molecular weight excluding hydrogens is 352 g/mol. The van der Waals surface area contributed by atoms with Gasteiger partial charge in [-0.05, 0) is 0 Å². The van der Waals surface area contributed by atoms with Gasteiger partial charge in [0, 0.05) is 0 Å². The summed E-state index contributed by atoms with van der Waals surface area (Å²) in [6.07, 6.45) is 0. The van der Waals surface area contributed by atoms with Gasteiger partial charge in [-0.3, -0.25) is 0 Å². The van der Waals surface area contributed by atoms with Crippen LogP contribution in [0.4, 0.5) is 0 Å². The quantitative estimate of drug-likeness (QED) is 0.495. The molecule has 0 aliphatic carbocycles. The van der Waals surface area contributed by atoms with E-state index < -0.39 is 19.0 Å². The minimum atomic E-state index is -2.31. The molecule has 0 rings (SSSR count). The van der Waals surface area contributed by atoms with Crippen LogP contribution in [0.5, 0.6) is 0 Å². The molecule has 0 saturated carbocycles. The Labute approximate surface area is 109 Å². The van der Waals surface area contributed by atoms with Crippen LogP contribution >= 0.6 is 24.9 Å². The Balaban J connectivity index is 0. The van der Waals surface area contributed by atoms with E-state index in [0.717, 1.165) is 0 Å². The molecule has 0 heterocycles. The summed E-state index contributed by atoms with van der Waals surface area (Å²) >= 11 is -2.31. The second kappa shape index (κ2) is 7.84. The molecule has 0 radical (unpaired) electrons. The molecule has 5 heteroatoms. The second-order valence-electron chi connectivity index (χ2n) is 0.303. The van der Waals surface area contributed by atoms with Gasteiger partial charge in [-0.1, -0.05) is 0 Å². The molecule has 0 fully saturated rings. The minimum Gasteiger partial charge on any atom is 1.00 e. The summed E-state index contributed by atoms with van der Waals surface area (Å²) < 4.78 is 0. The Morgan fingerprint density at radius 2 is 1.00 bits per heavy atom.